The molecule has 6 heteroatoms. The maximum Gasteiger partial charge on any atom is 0.255 e. The van der Waals surface area contributed by atoms with E-state index in [1.54, 1.807) is 55.9 Å². The summed E-state index contributed by atoms with van der Waals surface area (Å²) in [4.78, 5) is 16.7. The Bertz CT molecular complexity index is 916. The van der Waals surface area contributed by atoms with Gasteiger partial charge in [-0.05, 0) is 49.4 Å². The number of hydrogen-bond donors (Lipinski definition) is 2. The average molecular weight is 377 g/mol. The molecule has 1 amide bonds. The smallest absolute Gasteiger partial charge is 0.255 e. The van der Waals surface area contributed by atoms with Gasteiger partial charge >= 0.3 is 0 Å². The van der Waals surface area contributed by atoms with Crippen LogP contribution in [0, 0.1) is 0 Å². The van der Waals surface area contributed by atoms with Crippen LogP contribution in [0.4, 0.5) is 11.4 Å². The van der Waals surface area contributed by atoms with Crippen molar-refractivity contribution in [3.05, 3.63) is 78.6 Å². The second-order valence-electron chi connectivity index (χ2n) is 6.31. The summed E-state index contributed by atoms with van der Waals surface area (Å²) in [5.41, 5.74) is 2.05. The number of anilines is 2. The number of para-hydroxylation sites is 2. The van der Waals surface area contributed by atoms with Gasteiger partial charge in [-0.15, -0.1) is 0 Å². The van der Waals surface area contributed by atoms with Gasteiger partial charge in [0.25, 0.3) is 5.91 Å². The van der Waals surface area contributed by atoms with Crippen molar-refractivity contribution in [3.8, 4) is 11.5 Å². The Kier molecular flexibility index (Phi) is 6.59. The maximum absolute atomic E-state index is 12.8. The van der Waals surface area contributed by atoms with E-state index in [0.717, 1.165) is 5.69 Å². The summed E-state index contributed by atoms with van der Waals surface area (Å²) in [6.07, 6.45) is 3.31. The molecule has 1 heterocycles. The number of rotatable bonds is 8. The van der Waals surface area contributed by atoms with Gasteiger partial charge in [0.1, 0.15) is 11.5 Å². The number of methoxy groups -OCH3 is 1. The number of aromatic nitrogens is 1. The molecule has 2 N–H and O–H groups in total. The second kappa shape index (κ2) is 9.53. The molecule has 1 aromatic heterocycles. The minimum atomic E-state index is -0.214. The third kappa shape index (κ3) is 5.31. The normalized spacial score (nSPS) is 11.5. The van der Waals surface area contributed by atoms with Gasteiger partial charge in [-0.25, -0.2) is 0 Å². The fraction of sp³-hybridized carbons (Fsp3) is 0.182. The molecule has 0 spiro atoms. The SMILES string of the molecule is COC[C@@H](C)Nc1ccccc1NC(=O)c1cccc(Oc2ccncc2)c1. The lowest BCUT2D eigenvalue weighted by Crippen LogP contribution is -2.22. The van der Waals surface area contributed by atoms with E-state index in [0.29, 0.717) is 29.4 Å². The van der Waals surface area contributed by atoms with Gasteiger partial charge in [-0.2, -0.15) is 0 Å². The lowest BCUT2D eigenvalue weighted by atomic mass is 10.2. The van der Waals surface area contributed by atoms with Crippen molar-refractivity contribution in [2.24, 2.45) is 0 Å². The number of hydrogen-bond acceptors (Lipinski definition) is 5. The predicted octanol–water partition coefficient (Wildman–Crippen LogP) is 4.57. The van der Waals surface area contributed by atoms with Gasteiger partial charge < -0.3 is 20.1 Å². The van der Waals surface area contributed by atoms with E-state index >= 15 is 0 Å². The van der Waals surface area contributed by atoms with Crippen LogP contribution in [0.25, 0.3) is 0 Å². The molecule has 0 fully saturated rings. The standard InChI is InChI=1S/C22H23N3O3/c1-16(15-27-2)24-20-8-3-4-9-21(20)25-22(26)17-6-5-7-19(14-17)28-18-10-12-23-13-11-18/h3-14,16,24H,15H2,1-2H3,(H,25,26)/t16-/m1/s1. The van der Waals surface area contributed by atoms with Gasteiger partial charge in [-0.1, -0.05) is 18.2 Å². The first-order valence-electron chi connectivity index (χ1n) is 8.99. The highest BCUT2D eigenvalue weighted by Crippen LogP contribution is 2.25. The van der Waals surface area contributed by atoms with Crippen molar-refractivity contribution in [2.45, 2.75) is 13.0 Å². The van der Waals surface area contributed by atoms with E-state index in [1.807, 2.05) is 31.2 Å². The molecule has 2 aromatic carbocycles. The highest BCUT2D eigenvalue weighted by Gasteiger charge is 2.11. The molecule has 28 heavy (non-hydrogen) atoms. The Morgan fingerprint density at radius 1 is 1.00 bits per heavy atom. The summed E-state index contributed by atoms with van der Waals surface area (Å²) in [5.74, 6) is 1.03. The van der Waals surface area contributed by atoms with Crippen molar-refractivity contribution >= 4 is 17.3 Å². The van der Waals surface area contributed by atoms with Gasteiger partial charge in [0.05, 0.1) is 18.0 Å². The zero-order chi connectivity index (χ0) is 19.8. The minimum Gasteiger partial charge on any atom is -0.457 e. The van der Waals surface area contributed by atoms with E-state index in [4.69, 9.17) is 9.47 Å². The van der Waals surface area contributed by atoms with E-state index in [9.17, 15) is 4.79 Å². The first-order chi connectivity index (χ1) is 13.7. The molecule has 0 saturated carbocycles. The summed E-state index contributed by atoms with van der Waals surface area (Å²) < 4.78 is 10.9. The summed E-state index contributed by atoms with van der Waals surface area (Å²) in [7, 11) is 1.66. The predicted molar refractivity (Wildman–Crippen MR) is 110 cm³/mol. The molecular formula is C22H23N3O3. The Labute approximate surface area is 164 Å². The molecule has 144 valence electrons. The fourth-order valence-electron chi connectivity index (χ4n) is 2.71. The summed E-state index contributed by atoms with van der Waals surface area (Å²) in [5, 5.41) is 6.30. The summed E-state index contributed by atoms with van der Waals surface area (Å²) >= 11 is 0. The molecular weight excluding hydrogens is 354 g/mol. The van der Waals surface area contributed by atoms with Gasteiger partial charge in [0, 0.05) is 31.1 Å². The number of amides is 1. The largest absolute Gasteiger partial charge is 0.457 e. The molecule has 0 aliphatic rings. The Hall–Kier alpha value is -3.38. The fourth-order valence-corrected chi connectivity index (χ4v) is 2.71. The van der Waals surface area contributed by atoms with Crippen LogP contribution >= 0.6 is 0 Å². The van der Waals surface area contributed by atoms with Crippen LogP contribution in [0.15, 0.2) is 73.1 Å². The van der Waals surface area contributed by atoms with E-state index in [-0.39, 0.29) is 11.9 Å². The minimum absolute atomic E-state index is 0.111. The van der Waals surface area contributed by atoms with Gasteiger partial charge in [0.15, 0.2) is 0 Å². The lowest BCUT2D eigenvalue weighted by Gasteiger charge is -2.18. The third-order valence-corrected chi connectivity index (χ3v) is 3.98. The van der Waals surface area contributed by atoms with Crippen molar-refractivity contribution in [1.29, 1.82) is 0 Å². The van der Waals surface area contributed by atoms with Crippen LogP contribution in [0.3, 0.4) is 0 Å². The molecule has 3 aromatic rings. The quantitative estimate of drug-likeness (QED) is 0.601. The third-order valence-electron chi connectivity index (χ3n) is 3.98. The number of carbonyl (C=O) groups is 1. The molecule has 1 atom stereocenters. The number of nitrogens with zero attached hydrogens (tertiary/aromatic N) is 1. The Balaban J connectivity index is 1.72. The molecule has 6 nitrogen and oxygen atoms in total. The number of pyridine rings is 1. The van der Waals surface area contributed by atoms with Crippen LogP contribution in [0.5, 0.6) is 11.5 Å². The Morgan fingerprint density at radius 2 is 1.75 bits per heavy atom. The highest BCUT2D eigenvalue weighted by molar-refractivity contribution is 6.06. The molecule has 0 saturated heterocycles. The van der Waals surface area contributed by atoms with Gasteiger partial charge in [0.2, 0.25) is 0 Å². The van der Waals surface area contributed by atoms with Crippen LogP contribution < -0.4 is 15.4 Å². The van der Waals surface area contributed by atoms with Crippen LogP contribution in [-0.2, 0) is 4.74 Å². The summed E-state index contributed by atoms with van der Waals surface area (Å²) in [6, 6.07) is 18.3. The topological polar surface area (TPSA) is 72.5 Å². The second-order valence-corrected chi connectivity index (χ2v) is 6.31. The first-order valence-corrected chi connectivity index (χ1v) is 8.99. The van der Waals surface area contributed by atoms with Crippen molar-refractivity contribution in [2.75, 3.05) is 24.4 Å². The Morgan fingerprint density at radius 3 is 2.50 bits per heavy atom. The lowest BCUT2D eigenvalue weighted by molar-refractivity contribution is 0.102. The number of nitrogens with one attached hydrogen (secondary N) is 2. The van der Waals surface area contributed by atoms with Gasteiger partial charge in [-0.3, -0.25) is 9.78 Å². The van der Waals surface area contributed by atoms with E-state index in [2.05, 4.69) is 15.6 Å². The molecule has 0 bridgehead atoms. The van der Waals surface area contributed by atoms with Crippen LogP contribution in [-0.4, -0.2) is 30.6 Å². The molecule has 0 aliphatic heterocycles. The zero-order valence-electron chi connectivity index (χ0n) is 15.9. The van der Waals surface area contributed by atoms with Crippen molar-refractivity contribution in [3.63, 3.8) is 0 Å². The van der Waals surface area contributed by atoms with Crippen molar-refractivity contribution in [1.82, 2.24) is 4.98 Å². The number of benzene rings is 2. The maximum atomic E-state index is 12.8. The van der Waals surface area contributed by atoms with E-state index < -0.39 is 0 Å². The van der Waals surface area contributed by atoms with Crippen LogP contribution in [0.2, 0.25) is 0 Å². The number of ether oxygens (including phenoxy) is 2. The number of carbonyl (C=O) groups excluding carboxylic acids is 1. The molecule has 3 rings (SSSR count). The van der Waals surface area contributed by atoms with E-state index in [1.165, 1.54) is 0 Å². The first kappa shape index (κ1) is 19.4. The van der Waals surface area contributed by atoms with Crippen LogP contribution in [0.1, 0.15) is 17.3 Å². The van der Waals surface area contributed by atoms with Crippen molar-refractivity contribution < 1.29 is 14.3 Å². The highest BCUT2D eigenvalue weighted by atomic mass is 16.5. The molecule has 0 radical (unpaired) electrons. The monoisotopic (exact) mass is 377 g/mol. The summed E-state index contributed by atoms with van der Waals surface area (Å²) in [6.45, 7) is 2.58. The molecule has 0 aliphatic carbocycles. The molecule has 0 unspecified atom stereocenters. The average Bonchev–Trinajstić information content (AvgIpc) is 2.70. The zero-order valence-corrected chi connectivity index (χ0v) is 15.9.